The molecule has 110 valence electrons. The van der Waals surface area contributed by atoms with Gasteiger partial charge in [0.05, 0.1) is 6.04 Å². The first kappa shape index (κ1) is 14.3. The summed E-state index contributed by atoms with van der Waals surface area (Å²) in [5, 5.41) is 3.83. The lowest BCUT2D eigenvalue weighted by Gasteiger charge is -2.32. The van der Waals surface area contributed by atoms with Gasteiger partial charge in [0.25, 0.3) is 0 Å². The third-order valence-corrected chi connectivity index (χ3v) is 4.85. The summed E-state index contributed by atoms with van der Waals surface area (Å²) in [5.74, 6) is 0. The third-order valence-electron chi connectivity index (χ3n) is 4.85. The van der Waals surface area contributed by atoms with Crippen molar-refractivity contribution in [1.29, 1.82) is 0 Å². The Morgan fingerprint density at radius 1 is 0.952 bits per heavy atom. The average molecular weight is 279 g/mol. The van der Waals surface area contributed by atoms with Crippen LogP contribution in [0.5, 0.6) is 0 Å². The monoisotopic (exact) mass is 279 g/mol. The number of hydrogen-bond donors (Lipinski definition) is 1. The van der Waals surface area contributed by atoms with Crippen LogP contribution in [0.2, 0.25) is 0 Å². The van der Waals surface area contributed by atoms with E-state index in [1.807, 2.05) is 0 Å². The lowest BCUT2D eigenvalue weighted by Crippen LogP contribution is -2.34. The summed E-state index contributed by atoms with van der Waals surface area (Å²) in [6.07, 6.45) is 2.25. The summed E-state index contributed by atoms with van der Waals surface area (Å²) in [6.45, 7) is 7.97. The van der Waals surface area contributed by atoms with Crippen LogP contribution in [-0.4, -0.2) is 6.54 Å². The van der Waals surface area contributed by atoms with E-state index >= 15 is 0 Å². The van der Waals surface area contributed by atoms with Crippen molar-refractivity contribution in [2.24, 2.45) is 5.41 Å². The van der Waals surface area contributed by atoms with Crippen LogP contribution >= 0.6 is 0 Å². The molecule has 3 rings (SSSR count). The molecule has 0 radical (unpaired) electrons. The molecule has 0 atom stereocenters. The fourth-order valence-electron chi connectivity index (χ4n) is 3.05. The van der Waals surface area contributed by atoms with Crippen molar-refractivity contribution in [3.8, 4) is 0 Å². The summed E-state index contributed by atoms with van der Waals surface area (Å²) in [6, 6.07) is 18.1. The van der Waals surface area contributed by atoms with E-state index in [9.17, 15) is 0 Å². The number of benzene rings is 2. The minimum atomic E-state index is 0.331. The molecular weight excluding hydrogens is 254 g/mol. The number of rotatable bonds is 4. The van der Waals surface area contributed by atoms with Gasteiger partial charge in [0.15, 0.2) is 0 Å². The van der Waals surface area contributed by atoms with Crippen molar-refractivity contribution in [3.05, 3.63) is 70.8 Å². The van der Waals surface area contributed by atoms with Crippen molar-refractivity contribution in [2.75, 3.05) is 6.54 Å². The van der Waals surface area contributed by atoms with Gasteiger partial charge in [0.1, 0.15) is 0 Å². The van der Waals surface area contributed by atoms with Crippen LogP contribution in [0.4, 0.5) is 0 Å². The molecule has 1 heteroatoms. The summed E-state index contributed by atoms with van der Waals surface area (Å²) in [5.41, 5.74) is 6.15. The lowest BCUT2D eigenvalue weighted by molar-refractivity contribution is 0.317. The molecule has 0 aromatic heterocycles. The first-order valence-electron chi connectivity index (χ1n) is 8.00. The first-order chi connectivity index (χ1) is 10.1. The van der Waals surface area contributed by atoms with Crippen LogP contribution in [0.25, 0.3) is 0 Å². The molecule has 1 aliphatic carbocycles. The summed E-state index contributed by atoms with van der Waals surface area (Å²) < 4.78 is 0. The Bertz CT molecular complexity index is 582. The Hall–Kier alpha value is -1.60. The average Bonchev–Trinajstić information content (AvgIpc) is 2.51. The highest BCUT2D eigenvalue weighted by Crippen LogP contribution is 2.35. The van der Waals surface area contributed by atoms with Crippen LogP contribution in [-0.2, 0) is 6.42 Å². The van der Waals surface area contributed by atoms with Gasteiger partial charge < -0.3 is 5.32 Å². The van der Waals surface area contributed by atoms with Gasteiger partial charge in [-0.25, -0.2) is 0 Å². The van der Waals surface area contributed by atoms with Crippen molar-refractivity contribution < 1.29 is 0 Å². The van der Waals surface area contributed by atoms with Gasteiger partial charge in [0.2, 0.25) is 0 Å². The van der Waals surface area contributed by atoms with Gasteiger partial charge in [-0.05, 0) is 40.5 Å². The highest BCUT2D eigenvalue weighted by molar-refractivity contribution is 5.48. The second-order valence-electron chi connectivity index (χ2n) is 6.91. The van der Waals surface area contributed by atoms with Crippen LogP contribution in [0.1, 0.15) is 55.5 Å². The van der Waals surface area contributed by atoms with Crippen LogP contribution in [0.3, 0.4) is 0 Å². The molecule has 2 aromatic rings. The zero-order valence-electron chi connectivity index (χ0n) is 13.3. The van der Waals surface area contributed by atoms with E-state index in [-0.39, 0.29) is 0 Å². The van der Waals surface area contributed by atoms with Crippen LogP contribution in [0.15, 0.2) is 48.5 Å². The Labute approximate surface area is 128 Å². The minimum Gasteiger partial charge on any atom is -0.306 e. The van der Waals surface area contributed by atoms with E-state index in [4.69, 9.17) is 0 Å². The molecule has 0 amide bonds. The van der Waals surface area contributed by atoms with E-state index < -0.39 is 0 Å². The van der Waals surface area contributed by atoms with E-state index in [1.165, 1.54) is 28.7 Å². The van der Waals surface area contributed by atoms with Crippen LogP contribution < -0.4 is 5.32 Å². The van der Waals surface area contributed by atoms with E-state index in [1.54, 1.807) is 0 Å². The number of hydrogen-bond acceptors (Lipinski definition) is 1. The molecule has 0 bridgehead atoms. The number of fused-ring (bicyclic) bond motifs is 2. The van der Waals surface area contributed by atoms with Crippen molar-refractivity contribution >= 4 is 0 Å². The largest absolute Gasteiger partial charge is 0.306 e. The summed E-state index contributed by atoms with van der Waals surface area (Å²) in [7, 11) is 0. The van der Waals surface area contributed by atoms with Crippen molar-refractivity contribution in [2.45, 2.75) is 39.7 Å². The summed E-state index contributed by atoms with van der Waals surface area (Å²) in [4.78, 5) is 0. The fourth-order valence-corrected chi connectivity index (χ4v) is 3.05. The Balaban J connectivity index is 1.95. The maximum absolute atomic E-state index is 3.83. The molecule has 0 saturated heterocycles. The van der Waals surface area contributed by atoms with Gasteiger partial charge in [0, 0.05) is 6.54 Å². The molecule has 0 unspecified atom stereocenters. The van der Waals surface area contributed by atoms with Gasteiger partial charge in [-0.15, -0.1) is 0 Å². The topological polar surface area (TPSA) is 12.0 Å². The maximum Gasteiger partial charge on any atom is 0.0582 e. The predicted molar refractivity (Wildman–Crippen MR) is 89.6 cm³/mol. The van der Waals surface area contributed by atoms with E-state index in [0.717, 1.165) is 13.0 Å². The molecule has 0 fully saturated rings. The maximum atomic E-state index is 3.83. The zero-order valence-corrected chi connectivity index (χ0v) is 13.3. The first-order valence-corrected chi connectivity index (χ1v) is 8.00. The highest BCUT2D eigenvalue weighted by atomic mass is 14.9. The zero-order chi connectivity index (χ0) is 14.9. The van der Waals surface area contributed by atoms with Crippen molar-refractivity contribution in [3.63, 3.8) is 0 Å². The molecule has 21 heavy (non-hydrogen) atoms. The summed E-state index contributed by atoms with van der Waals surface area (Å²) >= 11 is 0. The second-order valence-corrected chi connectivity index (χ2v) is 6.91. The molecule has 1 N–H and O–H groups in total. The normalized spacial score (nSPS) is 14.6. The molecule has 0 heterocycles. The second kappa shape index (κ2) is 5.65. The van der Waals surface area contributed by atoms with Gasteiger partial charge >= 0.3 is 0 Å². The quantitative estimate of drug-likeness (QED) is 0.855. The van der Waals surface area contributed by atoms with Gasteiger partial charge in [-0.3, -0.25) is 0 Å². The molecule has 1 nitrogen and oxygen atoms in total. The molecule has 0 saturated carbocycles. The molecule has 2 aromatic carbocycles. The molecule has 0 aliphatic heterocycles. The highest BCUT2D eigenvalue weighted by Gasteiger charge is 2.26. The Kier molecular flexibility index (Phi) is 3.86. The third kappa shape index (κ3) is 2.89. The molecule has 0 spiro atoms. The smallest absolute Gasteiger partial charge is 0.0582 e. The molecule has 1 aliphatic rings. The van der Waals surface area contributed by atoms with E-state index in [2.05, 4.69) is 74.6 Å². The van der Waals surface area contributed by atoms with Gasteiger partial charge in [-0.1, -0.05) is 69.3 Å². The fraction of sp³-hybridized carbons (Fsp3) is 0.400. The van der Waals surface area contributed by atoms with Crippen molar-refractivity contribution in [1.82, 2.24) is 5.32 Å². The van der Waals surface area contributed by atoms with E-state index in [0.29, 0.717) is 11.5 Å². The van der Waals surface area contributed by atoms with Crippen LogP contribution in [0, 0.1) is 5.41 Å². The SMILES string of the molecule is CCC(C)(C)CNC1c2ccccc2Cc2ccccc21. The predicted octanol–water partition coefficient (Wildman–Crippen LogP) is 4.71. The molecular formula is C20H25N. The van der Waals surface area contributed by atoms with Gasteiger partial charge in [-0.2, -0.15) is 0 Å². The number of nitrogens with one attached hydrogen (secondary N) is 1. The standard InChI is InChI=1S/C20H25N/c1-4-20(2,3)14-21-19-17-11-7-5-9-15(17)13-16-10-6-8-12-18(16)19/h5-12,19,21H,4,13-14H2,1-3H3. The Morgan fingerprint density at radius 2 is 1.48 bits per heavy atom. The minimum absolute atomic E-state index is 0.331. The lowest BCUT2D eigenvalue weighted by atomic mass is 9.81. The Morgan fingerprint density at radius 3 is 2.00 bits per heavy atom.